The average molecular weight is 549 g/mol. The van der Waals surface area contributed by atoms with E-state index in [0.717, 1.165) is 12.8 Å². The van der Waals surface area contributed by atoms with Crippen molar-refractivity contribution < 1.29 is 47.9 Å². The summed E-state index contributed by atoms with van der Waals surface area (Å²) in [4.78, 5) is 33.5. The predicted molar refractivity (Wildman–Crippen MR) is 143 cm³/mol. The maximum atomic E-state index is 11.7. The first-order valence-electron chi connectivity index (χ1n) is 14.4. The molecule has 0 rings (SSSR count). The van der Waals surface area contributed by atoms with Crippen LogP contribution in [0.3, 0.4) is 0 Å². The third-order valence-electron chi connectivity index (χ3n) is 5.60. The number of esters is 2. The molecule has 0 aliphatic carbocycles. The molecule has 0 saturated heterocycles. The Morgan fingerprint density at radius 3 is 1.16 bits per heavy atom. The zero-order valence-electron chi connectivity index (χ0n) is 23.6. The third-order valence-corrected chi connectivity index (χ3v) is 5.60. The second-order valence-corrected chi connectivity index (χ2v) is 9.07. The van der Waals surface area contributed by atoms with Gasteiger partial charge in [0.25, 0.3) is 0 Å². The summed E-state index contributed by atoms with van der Waals surface area (Å²) in [6, 6.07) is 0. The predicted octanol–water partition coefficient (Wildman–Crippen LogP) is 4.71. The molecule has 0 aromatic rings. The zero-order chi connectivity index (χ0) is 27.9. The number of hydrogen-bond acceptors (Lipinski definition) is 9. The number of carboxylic acids is 1. The summed E-state index contributed by atoms with van der Waals surface area (Å²) in [6.07, 6.45) is 12.8. The molecule has 0 aliphatic heterocycles. The summed E-state index contributed by atoms with van der Waals surface area (Å²) in [5.74, 6) is -1.36. The van der Waals surface area contributed by atoms with Crippen molar-refractivity contribution in [2.45, 2.75) is 96.8 Å². The molecule has 0 unspecified atom stereocenters. The zero-order valence-corrected chi connectivity index (χ0v) is 23.6. The van der Waals surface area contributed by atoms with E-state index in [1.165, 1.54) is 44.9 Å². The lowest BCUT2D eigenvalue weighted by Gasteiger charge is -2.08. The fourth-order valence-corrected chi connectivity index (χ4v) is 3.46. The van der Waals surface area contributed by atoms with E-state index in [1.54, 1.807) is 0 Å². The van der Waals surface area contributed by atoms with Crippen LogP contribution in [-0.4, -0.2) is 89.1 Å². The van der Waals surface area contributed by atoms with Gasteiger partial charge in [0.05, 0.1) is 52.9 Å². The maximum absolute atomic E-state index is 11.7. The molecule has 0 heterocycles. The van der Waals surface area contributed by atoms with Crippen molar-refractivity contribution in [2.75, 3.05) is 66.1 Å². The number of carbonyl (C=O) groups is 3. The Hall–Kier alpha value is -1.75. The highest BCUT2D eigenvalue weighted by atomic mass is 16.6. The van der Waals surface area contributed by atoms with Gasteiger partial charge in [-0.25, -0.2) is 0 Å². The van der Waals surface area contributed by atoms with Gasteiger partial charge in [-0.3, -0.25) is 14.4 Å². The van der Waals surface area contributed by atoms with Crippen molar-refractivity contribution in [1.82, 2.24) is 0 Å². The number of ether oxygens (including phenoxy) is 6. The van der Waals surface area contributed by atoms with Crippen LogP contribution in [0, 0.1) is 0 Å². The van der Waals surface area contributed by atoms with Crippen molar-refractivity contribution in [1.29, 1.82) is 0 Å². The van der Waals surface area contributed by atoms with Crippen LogP contribution in [0.15, 0.2) is 0 Å². The summed E-state index contributed by atoms with van der Waals surface area (Å²) in [5, 5.41) is 8.53. The Kier molecular flexibility index (Phi) is 28.4. The number of unbranched alkanes of at least 4 members (excludes halogenated alkanes) is 9. The fraction of sp³-hybridized carbons (Fsp3) is 0.893. The number of rotatable bonds is 30. The maximum Gasteiger partial charge on any atom is 0.305 e. The second-order valence-electron chi connectivity index (χ2n) is 9.07. The van der Waals surface area contributed by atoms with E-state index in [1.807, 2.05) is 0 Å². The van der Waals surface area contributed by atoms with Crippen LogP contribution in [0.4, 0.5) is 0 Å². The smallest absolute Gasteiger partial charge is 0.305 e. The number of carboxylic acid groups (broad SMARTS) is 1. The quantitative estimate of drug-likeness (QED) is 0.0996. The van der Waals surface area contributed by atoms with Gasteiger partial charge in [0, 0.05) is 19.3 Å². The molecule has 0 amide bonds. The normalized spacial score (nSPS) is 11.0. The summed E-state index contributed by atoms with van der Waals surface area (Å²) in [6.45, 7) is 5.85. The lowest BCUT2D eigenvalue weighted by Crippen LogP contribution is -2.15. The van der Waals surface area contributed by atoms with Gasteiger partial charge < -0.3 is 33.5 Å². The van der Waals surface area contributed by atoms with E-state index in [9.17, 15) is 14.4 Å². The molecule has 38 heavy (non-hydrogen) atoms. The van der Waals surface area contributed by atoms with Gasteiger partial charge >= 0.3 is 17.9 Å². The minimum atomic E-state index is -0.861. The Bertz CT molecular complexity index is 556. The molecule has 0 bridgehead atoms. The van der Waals surface area contributed by atoms with Gasteiger partial charge in [0.2, 0.25) is 0 Å². The molecule has 0 aliphatic rings. The van der Waals surface area contributed by atoms with E-state index < -0.39 is 5.97 Å². The van der Waals surface area contributed by atoms with Crippen molar-refractivity contribution in [3.8, 4) is 0 Å². The summed E-state index contributed by atoms with van der Waals surface area (Å²) in [5.41, 5.74) is 0. The molecule has 224 valence electrons. The highest BCUT2D eigenvalue weighted by Crippen LogP contribution is 2.10. The van der Waals surface area contributed by atoms with E-state index in [2.05, 4.69) is 6.92 Å². The van der Waals surface area contributed by atoms with Crippen LogP contribution in [0.2, 0.25) is 0 Å². The van der Waals surface area contributed by atoms with Crippen LogP contribution >= 0.6 is 0 Å². The lowest BCUT2D eigenvalue weighted by molar-refractivity contribution is -0.146. The first kappa shape index (κ1) is 36.2. The molecule has 0 aromatic carbocycles. The van der Waals surface area contributed by atoms with E-state index in [4.69, 9.17) is 33.5 Å². The molecule has 10 nitrogen and oxygen atoms in total. The van der Waals surface area contributed by atoms with Gasteiger partial charge in [-0.15, -0.1) is 0 Å². The van der Waals surface area contributed by atoms with E-state index >= 15 is 0 Å². The van der Waals surface area contributed by atoms with Crippen molar-refractivity contribution in [3.05, 3.63) is 0 Å². The van der Waals surface area contributed by atoms with Crippen LogP contribution in [0.25, 0.3) is 0 Å². The standard InChI is InChI=1S/C28H52O10/c1-2-3-4-5-6-7-8-9-10-14-27(31)37-24-22-35-20-18-33-16-17-34-19-21-36-23-25-38-28(32)15-12-11-13-26(29)30/h2-25H2,1H3,(H,29,30). The summed E-state index contributed by atoms with van der Waals surface area (Å²) in [7, 11) is 0. The fourth-order valence-electron chi connectivity index (χ4n) is 3.46. The van der Waals surface area contributed by atoms with Crippen LogP contribution in [-0.2, 0) is 42.8 Å². The van der Waals surface area contributed by atoms with E-state index in [0.29, 0.717) is 65.5 Å². The first-order chi connectivity index (χ1) is 18.6. The van der Waals surface area contributed by atoms with Crippen LogP contribution in [0.5, 0.6) is 0 Å². The second kappa shape index (κ2) is 29.8. The van der Waals surface area contributed by atoms with Crippen LogP contribution < -0.4 is 0 Å². The van der Waals surface area contributed by atoms with Gasteiger partial charge in [-0.05, 0) is 19.3 Å². The minimum absolute atomic E-state index is 0.0628. The van der Waals surface area contributed by atoms with Gasteiger partial charge in [-0.2, -0.15) is 0 Å². The van der Waals surface area contributed by atoms with Gasteiger partial charge in [-0.1, -0.05) is 58.3 Å². The molecule has 0 radical (unpaired) electrons. The topological polar surface area (TPSA) is 127 Å². The van der Waals surface area contributed by atoms with E-state index in [-0.39, 0.29) is 44.6 Å². The molecular weight excluding hydrogens is 496 g/mol. The molecule has 0 spiro atoms. The van der Waals surface area contributed by atoms with Crippen molar-refractivity contribution >= 4 is 17.9 Å². The summed E-state index contributed by atoms with van der Waals surface area (Å²) < 4.78 is 31.7. The molecular formula is C28H52O10. The number of carbonyl (C=O) groups excluding carboxylic acids is 2. The van der Waals surface area contributed by atoms with Gasteiger partial charge in [0.15, 0.2) is 0 Å². The molecule has 0 saturated carbocycles. The highest BCUT2D eigenvalue weighted by molar-refractivity contribution is 5.70. The largest absolute Gasteiger partial charge is 0.481 e. The minimum Gasteiger partial charge on any atom is -0.481 e. The molecule has 0 aromatic heterocycles. The van der Waals surface area contributed by atoms with Crippen molar-refractivity contribution in [2.24, 2.45) is 0 Å². The molecule has 0 atom stereocenters. The first-order valence-corrected chi connectivity index (χ1v) is 14.4. The molecule has 10 heteroatoms. The SMILES string of the molecule is CCCCCCCCCCCC(=O)OCCOCCOCCOCCOCCOC(=O)CCCCC(=O)O. The Labute approximate surface area is 229 Å². The lowest BCUT2D eigenvalue weighted by atomic mass is 10.1. The molecule has 1 N–H and O–H groups in total. The summed E-state index contributed by atoms with van der Waals surface area (Å²) >= 11 is 0. The average Bonchev–Trinajstić information content (AvgIpc) is 2.89. The van der Waals surface area contributed by atoms with Gasteiger partial charge in [0.1, 0.15) is 13.2 Å². The molecule has 0 fully saturated rings. The van der Waals surface area contributed by atoms with Crippen molar-refractivity contribution in [3.63, 3.8) is 0 Å². The number of aliphatic carboxylic acids is 1. The Balaban J connectivity index is 3.20. The van der Waals surface area contributed by atoms with Crippen LogP contribution in [0.1, 0.15) is 96.8 Å². The highest BCUT2D eigenvalue weighted by Gasteiger charge is 2.04. The Morgan fingerprint density at radius 1 is 0.447 bits per heavy atom. The number of hydrogen-bond donors (Lipinski definition) is 1. The third kappa shape index (κ3) is 30.5. The Morgan fingerprint density at radius 2 is 0.763 bits per heavy atom. The monoisotopic (exact) mass is 548 g/mol.